The Morgan fingerprint density at radius 3 is 2.55 bits per heavy atom. The quantitative estimate of drug-likeness (QED) is 0.240. The van der Waals surface area contributed by atoms with Crippen molar-refractivity contribution >= 4 is 5.95 Å². The van der Waals surface area contributed by atoms with Gasteiger partial charge in [0.25, 0.3) is 0 Å². The second kappa shape index (κ2) is 11.4. The number of anilines is 1. The number of aromatic nitrogens is 4. The molecule has 7 nitrogen and oxygen atoms in total. The molecule has 0 unspecified atom stereocenters. The summed E-state index contributed by atoms with van der Waals surface area (Å²) in [4.78, 5) is 17.1. The summed E-state index contributed by atoms with van der Waals surface area (Å²) in [7, 11) is 1.66. The maximum Gasteiger partial charge on any atom is 0.223 e. The molecule has 2 aromatic heterocycles. The average Bonchev–Trinajstić information content (AvgIpc) is 3.60. The molecule has 1 atom stereocenters. The van der Waals surface area contributed by atoms with Crippen molar-refractivity contribution in [2.24, 2.45) is 0 Å². The predicted octanol–water partition coefficient (Wildman–Crippen LogP) is 6.31. The molecular weight excluding hydrogens is 527 g/mol. The standard InChI is InChI=1S/C34H33FN6O/c1-42-29-13-6-23(7-14-29)20-37-34-36-18-16-30(38-34)33-32(25-8-10-27(35)11-9-25)39-31-15-12-28(41(31)33)22-40-19-17-24-4-2-3-5-26(24)21-40/h2-11,13-14,16,18,28H,12,15,17,19-22H2,1H3,(H,36,37,38)/t28-/m0/s1. The Hall–Kier alpha value is -4.56. The van der Waals surface area contributed by atoms with Gasteiger partial charge < -0.3 is 14.6 Å². The number of ether oxygens (including phenoxy) is 1. The second-order valence-corrected chi connectivity index (χ2v) is 11.0. The van der Waals surface area contributed by atoms with Gasteiger partial charge in [-0.15, -0.1) is 0 Å². The number of aryl methyl sites for hydroxylation is 1. The summed E-state index contributed by atoms with van der Waals surface area (Å²) in [5.41, 5.74) is 7.46. The largest absolute Gasteiger partial charge is 0.497 e. The van der Waals surface area contributed by atoms with Crippen LogP contribution in [-0.4, -0.2) is 44.6 Å². The monoisotopic (exact) mass is 560 g/mol. The Kier molecular flexibility index (Phi) is 7.13. The van der Waals surface area contributed by atoms with Crippen molar-refractivity contribution in [1.29, 1.82) is 0 Å². The molecule has 42 heavy (non-hydrogen) atoms. The summed E-state index contributed by atoms with van der Waals surface area (Å²) in [5.74, 6) is 2.16. The van der Waals surface area contributed by atoms with E-state index in [0.717, 1.165) is 78.7 Å². The fraction of sp³-hybridized carbons (Fsp3) is 0.265. The number of methoxy groups -OCH3 is 1. The molecule has 0 saturated carbocycles. The van der Waals surface area contributed by atoms with Gasteiger partial charge in [0.2, 0.25) is 5.95 Å². The zero-order valence-electron chi connectivity index (χ0n) is 23.6. The number of rotatable bonds is 8. The molecule has 4 heterocycles. The lowest BCUT2D eigenvalue weighted by molar-refractivity contribution is 0.218. The van der Waals surface area contributed by atoms with Crippen LogP contribution in [-0.2, 0) is 25.9 Å². The van der Waals surface area contributed by atoms with Crippen LogP contribution in [0.4, 0.5) is 10.3 Å². The predicted molar refractivity (Wildman–Crippen MR) is 162 cm³/mol. The molecule has 0 aliphatic carbocycles. The van der Waals surface area contributed by atoms with Crippen molar-refractivity contribution in [3.8, 4) is 28.4 Å². The first-order valence-electron chi connectivity index (χ1n) is 14.5. The zero-order valence-corrected chi connectivity index (χ0v) is 23.6. The summed E-state index contributed by atoms with van der Waals surface area (Å²) in [5, 5.41) is 3.37. The van der Waals surface area contributed by atoms with Gasteiger partial charge in [0.1, 0.15) is 17.4 Å². The molecule has 0 spiro atoms. The van der Waals surface area contributed by atoms with Crippen molar-refractivity contribution in [2.75, 3.05) is 25.5 Å². The number of nitrogens with zero attached hydrogens (tertiary/aromatic N) is 5. The highest BCUT2D eigenvalue weighted by Crippen LogP contribution is 2.40. The van der Waals surface area contributed by atoms with E-state index in [9.17, 15) is 4.39 Å². The minimum absolute atomic E-state index is 0.262. The van der Waals surface area contributed by atoms with E-state index in [0.29, 0.717) is 12.5 Å². The van der Waals surface area contributed by atoms with Gasteiger partial charge in [0, 0.05) is 50.4 Å². The highest BCUT2D eigenvalue weighted by atomic mass is 19.1. The van der Waals surface area contributed by atoms with Crippen molar-refractivity contribution in [3.05, 3.63) is 113 Å². The molecule has 0 saturated heterocycles. The molecule has 7 rings (SSSR count). The topological polar surface area (TPSA) is 68.1 Å². The van der Waals surface area contributed by atoms with Gasteiger partial charge in [-0.3, -0.25) is 4.90 Å². The summed E-state index contributed by atoms with van der Waals surface area (Å²) < 4.78 is 21.5. The fourth-order valence-electron chi connectivity index (χ4n) is 6.21. The Morgan fingerprint density at radius 1 is 0.929 bits per heavy atom. The highest BCUT2D eigenvalue weighted by Gasteiger charge is 2.32. The molecule has 5 aromatic rings. The molecule has 0 fully saturated rings. The van der Waals surface area contributed by atoms with E-state index in [2.05, 4.69) is 44.0 Å². The van der Waals surface area contributed by atoms with Crippen molar-refractivity contribution in [3.63, 3.8) is 0 Å². The normalized spacial score (nSPS) is 16.2. The first-order valence-corrected chi connectivity index (χ1v) is 14.5. The summed E-state index contributed by atoms with van der Waals surface area (Å²) in [6.45, 7) is 3.54. The van der Waals surface area contributed by atoms with Gasteiger partial charge in [-0.05, 0) is 72.0 Å². The van der Waals surface area contributed by atoms with E-state index in [4.69, 9.17) is 14.7 Å². The third-order valence-corrected chi connectivity index (χ3v) is 8.35. The molecule has 2 aliphatic heterocycles. The Balaban J connectivity index is 1.21. The van der Waals surface area contributed by atoms with E-state index in [1.165, 1.54) is 23.3 Å². The van der Waals surface area contributed by atoms with Crippen molar-refractivity contribution < 1.29 is 9.13 Å². The minimum Gasteiger partial charge on any atom is -0.497 e. The highest BCUT2D eigenvalue weighted by molar-refractivity contribution is 5.78. The number of hydrogen-bond acceptors (Lipinski definition) is 6. The van der Waals surface area contributed by atoms with Crippen LogP contribution in [0.2, 0.25) is 0 Å². The smallest absolute Gasteiger partial charge is 0.223 e. The van der Waals surface area contributed by atoms with Gasteiger partial charge in [-0.1, -0.05) is 36.4 Å². The molecule has 0 bridgehead atoms. The fourth-order valence-corrected chi connectivity index (χ4v) is 6.21. The number of fused-ring (bicyclic) bond motifs is 2. The lowest BCUT2D eigenvalue weighted by atomic mass is 9.99. The number of halogens is 1. The van der Waals surface area contributed by atoms with Crippen LogP contribution >= 0.6 is 0 Å². The van der Waals surface area contributed by atoms with Crippen LogP contribution in [0.5, 0.6) is 5.75 Å². The van der Waals surface area contributed by atoms with Crippen molar-refractivity contribution in [2.45, 2.75) is 38.4 Å². The minimum atomic E-state index is -0.262. The Morgan fingerprint density at radius 2 is 1.74 bits per heavy atom. The molecular formula is C34H33FN6O. The second-order valence-electron chi connectivity index (χ2n) is 11.0. The van der Waals surface area contributed by atoms with Gasteiger partial charge in [-0.2, -0.15) is 0 Å². The molecule has 8 heteroatoms. The molecule has 1 N–H and O–H groups in total. The van der Waals surface area contributed by atoms with E-state index in [-0.39, 0.29) is 11.9 Å². The van der Waals surface area contributed by atoms with E-state index in [1.54, 1.807) is 25.4 Å². The zero-order chi connectivity index (χ0) is 28.5. The van der Waals surface area contributed by atoms with Crippen LogP contribution in [0.1, 0.15) is 35.0 Å². The number of nitrogens with one attached hydrogen (secondary N) is 1. The maximum absolute atomic E-state index is 13.9. The van der Waals surface area contributed by atoms with Crippen LogP contribution in [0.15, 0.2) is 85.1 Å². The number of hydrogen-bond donors (Lipinski definition) is 1. The molecule has 2 aliphatic rings. The van der Waals surface area contributed by atoms with Crippen molar-refractivity contribution in [1.82, 2.24) is 24.4 Å². The summed E-state index contributed by atoms with van der Waals surface area (Å²) in [6, 6.07) is 25.5. The number of imidazole rings is 1. The molecule has 3 aromatic carbocycles. The molecule has 0 amide bonds. The van der Waals surface area contributed by atoms with Crippen LogP contribution < -0.4 is 10.1 Å². The Labute approximate surface area is 245 Å². The molecule has 0 radical (unpaired) electrons. The average molecular weight is 561 g/mol. The number of benzene rings is 3. The lowest BCUT2D eigenvalue weighted by Gasteiger charge is -2.31. The van der Waals surface area contributed by atoms with Gasteiger partial charge >= 0.3 is 0 Å². The summed E-state index contributed by atoms with van der Waals surface area (Å²) >= 11 is 0. The van der Waals surface area contributed by atoms with Crippen LogP contribution in [0, 0.1) is 5.82 Å². The van der Waals surface area contributed by atoms with E-state index >= 15 is 0 Å². The van der Waals surface area contributed by atoms with Crippen LogP contribution in [0.3, 0.4) is 0 Å². The maximum atomic E-state index is 13.9. The third-order valence-electron chi connectivity index (χ3n) is 8.35. The lowest BCUT2D eigenvalue weighted by Crippen LogP contribution is -2.34. The first-order chi connectivity index (χ1) is 20.6. The van der Waals surface area contributed by atoms with Crippen LogP contribution in [0.25, 0.3) is 22.6 Å². The summed E-state index contributed by atoms with van der Waals surface area (Å²) in [6.07, 6.45) is 4.79. The SMILES string of the molecule is COc1ccc(CNc2nccc(-c3c(-c4ccc(F)cc4)nc4n3[C@H](CN3CCc5ccccc5C3)CC4)n2)cc1. The Bertz CT molecular complexity index is 1700. The third kappa shape index (κ3) is 5.25. The van der Waals surface area contributed by atoms with E-state index in [1.807, 2.05) is 30.3 Å². The van der Waals surface area contributed by atoms with Gasteiger partial charge in [0.05, 0.1) is 24.2 Å². The van der Waals surface area contributed by atoms with Gasteiger partial charge in [0.15, 0.2) is 0 Å². The molecule has 212 valence electrons. The van der Waals surface area contributed by atoms with E-state index < -0.39 is 0 Å². The first kappa shape index (κ1) is 26.3. The van der Waals surface area contributed by atoms with Gasteiger partial charge in [-0.25, -0.2) is 19.3 Å².